The number of nitrogens with one attached hydrogen (secondary N) is 1. The van der Waals surface area contributed by atoms with Crippen molar-refractivity contribution in [1.29, 1.82) is 0 Å². The van der Waals surface area contributed by atoms with E-state index in [0.717, 1.165) is 11.3 Å². The van der Waals surface area contributed by atoms with Crippen LogP contribution < -0.4 is 9.82 Å². The molecule has 1 aliphatic rings. The van der Waals surface area contributed by atoms with Gasteiger partial charge in [0.1, 0.15) is 5.75 Å². The summed E-state index contributed by atoms with van der Waals surface area (Å²) in [5, 5.41) is 3.10. The van der Waals surface area contributed by atoms with E-state index in [2.05, 4.69) is 39.7 Å². The van der Waals surface area contributed by atoms with E-state index in [1.807, 2.05) is 24.3 Å². The van der Waals surface area contributed by atoms with Crippen LogP contribution in [0, 0.1) is 5.92 Å². The maximum atomic E-state index is 13.3. The molecule has 0 radical (unpaired) electrons. The number of ether oxygens (including phenoxy) is 1. The molecule has 1 saturated heterocycles. The maximum absolute atomic E-state index is 13.3. The third-order valence-corrected chi connectivity index (χ3v) is 10.0. The van der Waals surface area contributed by atoms with Crippen molar-refractivity contribution in [2.24, 2.45) is 5.92 Å². The molecule has 0 aliphatic carbocycles. The van der Waals surface area contributed by atoms with Gasteiger partial charge in [-0.1, -0.05) is 46.8 Å². The minimum absolute atomic E-state index is 0.136. The fourth-order valence-corrected chi connectivity index (χ4v) is 7.68. The summed E-state index contributed by atoms with van der Waals surface area (Å²) in [6.07, 6.45) is 0. The number of benzene rings is 1. The lowest BCUT2D eigenvalue weighted by molar-refractivity contribution is 0.262. The Balaban J connectivity index is 2.11. The molecule has 0 saturated carbocycles. The molecule has 112 valence electrons. The predicted octanol–water partition coefficient (Wildman–Crippen LogP) is 4.27. The van der Waals surface area contributed by atoms with Crippen LogP contribution in [0.4, 0.5) is 0 Å². The highest BCUT2D eigenvalue weighted by atomic mass is 31.2. The van der Waals surface area contributed by atoms with E-state index >= 15 is 0 Å². The van der Waals surface area contributed by atoms with Crippen molar-refractivity contribution in [2.45, 2.75) is 51.5 Å². The smallest absolute Gasteiger partial charge is 0.159 e. The van der Waals surface area contributed by atoms with Gasteiger partial charge in [-0.25, -0.2) is 0 Å². The van der Waals surface area contributed by atoms with E-state index in [1.54, 1.807) is 7.11 Å². The molecule has 4 heteroatoms. The topological polar surface area (TPSA) is 38.3 Å². The zero-order valence-electron chi connectivity index (χ0n) is 13.4. The van der Waals surface area contributed by atoms with Gasteiger partial charge in [0.25, 0.3) is 0 Å². The van der Waals surface area contributed by atoms with Gasteiger partial charge in [0.15, 0.2) is 7.29 Å². The van der Waals surface area contributed by atoms with Gasteiger partial charge in [-0.3, -0.25) is 5.09 Å². The quantitative estimate of drug-likeness (QED) is 0.843. The summed E-state index contributed by atoms with van der Waals surface area (Å²) in [6, 6.07) is 7.90. The minimum atomic E-state index is -2.42. The van der Waals surface area contributed by atoms with E-state index in [9.17, 15) is 4.57 Å². The van der Waals surface area contributed by atoms with Crippen LogP contribution in [0.5, 0.6) is 5.75 Å². The standard InChI is InChI=1S/C16H26NO2P/c1-12-15(2,3)20(18,16(12,4)5)17-11-13-7-9-14(19-6)10-8-13/h7-10,12H,11H2,1-6H3,(H,17,18). The first-order chi connectivity index (χ1) is 9.16. The first kappa shape index (κ1) is 15.6. The van der Waals surface area contributed by atoms with E-state index in [1.165, 1.54) is 0 Å². The molecule has 1 aliphatic heterocycles. The third-order valence-electron chi connectivity index (χ3n) is 5.41. The van der Waals surface area contributed by atoms with Gasteiger partial charge in [0.05, 0.1) is 7.11 Å². The number of methoxy groups -OCH3 is 1. The summed E-state index contributed by atoms with van der Waals surface area (Å²) in [4.78, 5) is 0. The van der Waals surface area contributed by atoms with E-state index in [-0.39, 0.29) is 10.3 Å². The lowest BCUT2D eigenvalue weighted by Crippen LogP contribution is -2.60. The summed E-state index contributed by atoms with van der Waals surface area (Å²) in [7, 11) is -0.761. The molecule has 0 unspecified atom stereocenters. The Labute approximate surface area is 122 Å². The molecule has 1 heterocycles. The van der Waals surface area contributed by atoms with Gasteiger partial charge in [0, 0.05) is 16.9 Å². The Morgan fingerprint density at radius 2 is 1.65 bits per heavy atom. The lowest BCUT2D eigenvalue weighted by atomic mass is 9.83. The first-order valence-corrected chi connectivity index (χ1v) is 8.86. The maximum Gasteiger partial charge on any atom is 0.159 e. The lowest BCUT2D eigenvalue weighted by Gasteiger charge is -2.62. The van der Waals surface area contributed by atoms with Gasteiger partial charge >= 0.3 is 0 Å². The van der Waals surface area contributed by atoms with E-state index in [4.69, 9.17) is 4.74 Å². The molecule has 20 heavy (non-hydrogen) atoms. The Morgan fingerprint density at radius 3 is 2.10 bits per heavy atom. The largest absolute Gasteiger partial charge is 0.497 e. The molecule has 0 spiro atoms. The first-order valence-electron chi connectivity index (χ1n) is 7.15. The zero-order chi connectivity index (χ0) is 15.2. The van der Waals surface area contributed by atoms with Crippen molar-refractivity contribution < 1.29 is 9.30 Å². The number of rotatable bonds is 4. The summed E-state index contributed by atoms with van der Waals surface area (Å²) in [5.41, 5.74) is 1.13. The normalized spacial score (nSPS) is 30.6. The molecular formula is C16H26NO2P. The molecule has 2 rings (SSSR count). The van der Waals surface area contributed by atoms with Crippen molar-refractivity contribution in [3.8, 4) is 5.75 Å². The van der Waals surface area contributed by atoms with Crippen LogP contribution in [0.1, 0.15) is 40.2 Å². The number of hydrogen-bond donors (Lipinski definition) is 1. The van der Waals surface area contributed by atoms with Crippen LogP contribution in [-0.2, 0) is 11.1 Å². The molecular weight excluding hydrogens is 269 g/mol. The molecule has 0 amide bonds. The molecule has 0 aromatic heterocycles. The van der Waals surface area contributed by atoms with Crippen molar-refractivity contribution >= 4 is 7.29 Å². The molecule has 1 aromatic rings. The second kappa shape index (κ2) is 4.89. The summed E-state index contributed by atoms with van der Waals surface area (Å²) in [6.45, 7) is 11.3. The highest BCUT2D eigenvalue weighted by molar-refractivity contribution is 7.66. The van der Waals surface area contributed by atoms with Crippen LogP contribution in [-0.4, -0.2) is 17.4 Å². The fourth-order valence-electron chi connectivity index (χ4n) is 3.44. The molecule has 1 aromatic carbocycles. The molecule has 3 nitrogen and oxygen atoms in total. The second-order valence-electron chi connectivity index (χ2n) is 6.82. The van der Waals surface area contributed by atoms with E-state index in [0.29, 0.717) is 12.5 Å². The number of hydrogen-bond acceptors (Lipinski definition) is 2. The van der Waals surface area contributed by atoms with Crippen LogP contribution in [0.2, 0.25) is 0 Å². The molecule has 1 fully saturated rings. The van der Waals surface area contributed by atoms with Gasteiger partial charge in [-0.2, -0.15) is 0 Å². The van der Waals surface area contributed by atoms with Crippen molar-refractivity contribution in [2.75, 3.05) is 7.11 Å². The average Bonchev–Trinajstić information content (AvgIpc) is 2.43. The monoisotopic (exact) mass is 295 g/mol. The average molecular weight is 295 g/mol. The van der Waals surface area contributed by atoms with E-state index < -0.39 is 7.29 Å². The molecule has 0 bridgehead atoms. The van der Waals surface area contributed by atoms with Crippen LogP contribution in [0.25, 0.3) is 0 Å². The SMILES string of the molecule is COc1ccc(CNP2(=O)C(C)(C)C(C)C2(C)C)cc1. The van der Waals surface area contributed by atoms with Gasteiger partial charge in [0.2, 0.25) is 0 Å². The summed E-state index contributed by atoms with van der Waals surface area (Å²) < 4.78 is 18.5. The highest BCUT2D eigenvalue weighted by Gasteiger charge is 2.67. The summed E-state index contributed by atoms with van der Waals surface area (Å²) >= 11 is 0. The zero-order valence-corrected chi connectivity index (χ0v) is 14.3. The third kappa shape index (κ3) is 2.03. The van der Waals surface area contributed by atoms with Crippen molar-refractivity contribution in [3.05, 3.63) is 29.8 Å². The fraction of sp³-hybridized carbons (Fsp3) is 0.625. The Morgan fingerprint density at radius 1 is 1.15 bits per heavy atom. The minimum Gasteiger partial charge on any atom is -0.497 e. The Hall–Kier alpha value is -0.790. The van der Waals surface area contributed by atoms with Gasteiger partial charge in [-0.15, -0.1) is 0 Å². The van der Waals surface area contributed by atoms with Crippen molar-refractivity contribution in [1.82, 2.24) is 5.09 Å². The highest BCUT2D eigenvalue weighted by Crippen LogP contribution is 2.79. The Bertz CT molecular complexity index is 514. The van der Waals surface area contributed by atoms with Gasteiger partial charge in [-0.05, 0) is 23.6 Å². The predicted molar refractivity (Wildman–Crippen MR) is 84.8 cm³/mol. The van der Waals surface area contributed by atoms with Gasteiger partial charge < -0.3 is 9.30 Å². The molecule has 0 atom stereocenters. The Kier molecular flexibility index (Phi) is 3.81. The van der Waals surface area contributed by atoms with Crippen LogP contribution >= 0.6 is 7.29 Å². The van der Waals surface area contributed by atoms with Crippen molar-refractivity contribution in [3.63, 3.8) is 0 Å². The second-order valence-corrected chi connectivity index (χ2v) is 10.7. The molecule has 1 N–H and O–H groups in total. The summed E-state index contributed by atoms with van der Waals surface area (Å²) in [5.74, 6) is 1.29. The van der Waals surface area contributed by atoms with Crippen LogP contribution in [0.3, 0.4) is 0 Å². The van der Waals surface area contributed by atoms with Crippen LogP contribution in [0.15, 0.2) is 24.3 Å².